The van der Waals surface area contributed by atoms with E-state index in [-0.39, 0.29) is 12.2 Å². The first-order chi connectivity index (χ1) is 22.7. The Hall–Kier alpha value is -0.280. The minimum Gasteiger partial charge on any atom is -0.393 e. The summed E-state index contributed by atoms with van der Waals surface area (Å²) in [6.07, 6.45) is 23.0. The summed E-state index contributed by atoms with van der Waals surface area (Å²) in [6.45, 7) is 18.6. The molecular formula is C40H82O7. The molecule has 0 bridgehead atoms. The Kier molecular flexibility index (Phi) is 35.3. The predicted octanol–water partition coefficient (Wildman–Crippen LogP) is 10.1. The first-order valence-electron chi connectivity index (χ1n) is 19.9. The highest BCUT2D eigenvalue weighted by molar-refractivity contribution is 4.64. The quantitative estimate of drug-likeness (QED) is 0.0498. The van der Waals surface area contributed by atoms with E-state index in [0.29, 0.717) is 37.3 Å². The lowest BCUT2D eigenvalue weighted by molar-refractivity contribution is -0.131. The molecule has 284 valence electrons. The normalized spacial score (nSPS) is 15.8. The lowest BCUT2D eigenvalue weighted by atomic mass is 9.90. The maximum absolute atomic E-state index is 9.51. The van der Waals surface area contributed by atoms with Gasteiger partial charge in [0.15, 0.2) is 0 Å². The van der Waals surface area contributed by atoms with Crippen molar-refractivity contribution in [1.82, 2.24) is 0 Å². The number of ether oxygens (including phenoxy) is 5. The molecule has 6 atom stereocenters. The summed E-state index contributed by atoms with van der Waals surface area (Å²) in [5.74, 6) is 2.62. The van der Waals surface area contributed by atoms with Crippen molar-refractivity contribution in [1.29, 1.82) is 0 Å². The number of hydrogen-bond donors (Lipinski definition) is 2. The van der Waals surface area contributed by atoms with Crippen LogP contribution in [0.2, 0.25) is 0 Å². The Morgan fingerprint density at radius 3 is 0.957 bits per heavy atom. The maximum Gasteiger partial charge on any atom is 0.149 e. The van der Waals surface area contributed by atoms with Crippen LogP contribution < -0.4 is 0 Å². The summed E-state index contributed by atoms with van der Waals surface area (Å²) in [4.78, 5) is 0. The summed E-state index contributed by atoms with van der Waals surface area (Å²) in [6, 6.07) is 0. The molecule has 0 aliphatic carbocycles. The van der Waals surface area contributed by atoms with Gasteiger partial charge in [0, 0.05) is 39.6 Å². The van der Waals surface area contributed by atoms with E-state index in [9.17, 15) is 10.2 Å². The van der Waals surface area contributed by atoms with Crippen molar-refractivity contribution in [2.45, 2.75) is 182 Å². The summed E-state index contributed by atoms with van der Waals surface area (Å²) < 4.78 is 28.2. The fraction of sp³-hybridized carbons (Fsp3) is 1.00. The van der Waals surface area contributed by atoms with Crippen LogP contribution in [0, 0.1) is 23.7 Å². The summed E-state index contributed by atoms with van der Waals surface area (Å²) in [5, 5.41) is 19.0. The van der Waals surface area contributed by atoms with Crippen LogP contribution in [0.5, 0.6) is 0 Å². The first kappa shape index (κ1) is 46.7. The molecule has 0 aromatic heterocycles. The molecule has 0 amide bonds. The Morgan fingerprint density at radius 2 is 0.617 bits per heavy atom. The molecule has 0 aliphatic rings. The molecule has 0 rings (SSSR count). The van der Waals surface area contributed by atoms with Crippen LogP contribution in [0.4, 0.5) is 0 Å². The molecule has 0 radical (unpaired) electrons. The summed E-state index contributed by atoms with van der Waals surface area (Å²) >= 11 is 0. The average Bonchev–Trinajstić information content (AvgIpc) is 2.99. The average molecular weight is 675 g/mol. The van der Waals surface area contributed by atoms with Crippen molar-refractivity contribution in [3.63, 3.8) is 0 Å². The van der Waals surface area contributed by atoms with Gasteiger partial charge < -0.3 is 33.9 Å². The van der Waals surface area contributed by atoms with Gasteiger partial charge in [0.25, 0.3) is 0 Å². The van der Waals surface area contributed by atoms with Gasteiger partial charge in [-0.25, -0.2) is 0 Å². The third-order valence-corrected chi connectivity index (χ3v) is 9.06. The predicted molar refractivity (Wildman–Crippen MR) is 197 cm³/mol. The molecule has 0 fully saturated rings. The maximum atomic E-state index is 9.51. The van der Waals surface area contributed by atoms with E-state index in [1.807, 2.05) is 13.8 Å². The van der Waals surface area contributed by atoms with Gasteiger partial charge in [0.05, 0.1) is 12.2 Å². The second kappa shape index (κ2) is 35.5. The van der Waals surface area contributed by atoms with Gasteiger partial charge in [-0.2, -0.15) is 0 Å². The van der Waals surface area contributed by atoms with E-state index in [0.717, 1.165) is 91.0 Å². The Labute approximate surface area is 292 Å². The summed E-state index contributed by atoms with van der Waals surface area (Å²) in [7, 11) is 0. The van der Waals surface area contributed by atoms with Crippen LogP contribution in [0.15, 0.2) is 0 Å². The molecule has 0 saturated carbocycles. The molecule has 0 aromatic rings. The van der Waals surface area contributed by atoms with Crippen molar-refractivity contribution in [2.75, 3.05) is 53.2 Å². The summed E-state index contributed by atoms with van der Waals surface area (Å²) in [5.41, 5.74) is 0. The van der Waals surface area contributed by atoms with Crippen LogP contribution in [-0.4, -0.2) is 75.6 Å². The molecule has 0 saturated heterocycles. The van der Waals surface area contributed by atoms with Gasteiger partial charge in [0.1, 0.15) is 13.6 Å². The highest BCUT2D eigenvalue weighted by Gasteiger charge is 2.12. The Balaban J connectivity index is 3.19. The topological polar surface area (TPSA) is 86.6 Å². The zero-order valence-corrected chi connectivity index (χ0v) is 32.2. The van der Waals surface area contributed by atoms with E-state index in [1.165, 1.54) is 77.0 Å². The minimum atomic E-state index is -0.184. The van der Waals surface area contributed by atoms with Crippen LogP contribution in [0.3, 0.4) is 0 Å². The van der Waals surface area contributed by atoms with Gasteiger partial charge >= 0.3 is 0 Å². The molecular weight excluding hydrogens is 592 g/mol. The minimum absolute atomic E-state index is 0.184. The van der Waals surface area contributed by atoms with E-state index < -0.39 is 0 Å². The van der Waals surface area contributed by atoms with E-state index in [1.54, 1.807) is 0 Å². The van der Waals surface area contributed by atoms with Crippen molar-refractivity contribution in [2.24, 2.45) is 23.7 Å². The third kappa shape index (κ3) is 38.4. The molecule has 0 heterocycles. The number of unbranched alkanes of at least 4 members (excludes halogenated alkanes) is 10. The first-order valence-corrected chi connectivity index (χ1v) is 19.9. The number of rotatable bonds is 38. The fourth-order valence-corrected chi connectivity index (χ4v) is 6.74. The molecule has 47 heavy (non-hydrogen) atoms. The van der Waals surface area contributed by atoms with Gasteiger partial charge in [-0.1, -0.05) is 79.1 Å². The standard InChI is InChI=1S/C40H82O7/c1-35(29-37(3)31-39(5)41)21-19-27-43-23-15-11-7-9-13-17-25-45-33-47-34-46-26-18-14-10-8-12-16-24-44-28-20-22-36(2)30-38(4)32-40(6)42/h35-42H,7-34H2,1-6H3. The van der Waals surface area contributed by atoms with E-state index >= 15 is 0 Å². The molecule has 0 aromatic carbocycles. The van der Waals surface area contributed by atoms with E-state index in [2.05, 4.69) is 27.7 Å². The number of aliphatic hydroxyl groups excluding tert-OH is 2. The molecule has 2 N–H and O–H groups in total. The van der Waals surface area contributed by atoms with Crippen molar-refractivity contribution >= 4 is 0 Å². The van der Waals surface area contributed by atoms with Gasteiger partial charge in [0.2, 0.25) is 0 Å². The third-order valence-electron chi connectivity index (χ3n) is 9.06. The number of aliphatic hydroxyl groups is 2. The Bertz CT molecular complexity index is 553. The van der Waals surface area contributed by atoms with Gasteiger partial charge in [-0.05, 0) is 115 Å². The molecule has 7 heteroatoms. The molecule has 0 spiro atoms. The molecule has 6 unspecified atom stereocenters. The van der Waals surface area contributed by atoms with Crippen LogP contribution in [0.25, 0.3) is 0 Å². The largest absolute Gasteiger partial charge is 0.393 e. The highest BCUT2D eigenvalue weighted by atomic mass is 16.7. The number of hydrogen-bond acceptors (Lipinski definition) is 7. The highest BCUT2D eigenvalue weighted by Crippen LogP contribution is 2.21. The fourth-order valence-electron chi connectivity index (χ4n) is 6.74. The second-order valence-electron chi connectivity index (χ2n) is 15.1. The molecule has 0 aliphatic heterocycles. The van der Waals surface area contributed by atoms with Crippen molar-refractivity contribution < 1.29 is 33.9 Å². The SMILES string of the molecule is CC(O)CC(C)CC(C)CCCOCCCCCCCCOCOCOCCCCCCCCOCCCC(C)CC(C)CC(C)O. The van der Waals surface area contributed by atoms with Crippen LogP contribution in [0.1, 0.15) is 170 Å². The second-order valence-corrected chi connectivity index (χ2v) is 15.1. The van der Waals surface area contributed by atoms with Gasteiger partial charge in [-0.3, -0.25) is 0 Å². The van der Waals surface area contributed by atoms with E-state index in [4.69, 9.17) is 23.7 Å². The van der Waals surface area contributed by atoms with Crippen molar-refractivity contribution in [3.8, 4) is 0 Å². The lowest BCUT2D eigenvalue weighted by Gasteiger charge is -2.18. The smallest absolute Gasteiger partial charge is 0.149 e. The molecule has 7 nitrogen and oxygen atoms in total. The zero-order valence-electron chi connectivity index (χ0n) is 32.2. The zero-order chi connectivity index (χ0) is 34.8. The van der Waals surface area contributed by atoms with Gasteiger partial charge in [-0.15, -0.1) is 0 Å². The van der Waals surface area contributed by atoms with Crippen LogP contribution >= 0.6 is 0 Å². The monoisotopic (exact) mass is 675 g/mol. The lowest BCUT2D eigenvalue weighted by Crippen LogP contribution is -2.11. The van der Waals surface area contributed by atoms with Crippen molar-refractivity contribution in [3.05, 3.63) is 0 Å². The Morgan fingerprint density at radius 1 is 0.319 bits per heavy atom. The van der Waals surface area contributed by atoms with Crippen LogP contribution in [-0.2, 0) is 23.7 Å².